The summed E-state index contributed by atoms with van der Waals surface area (Å²) in [5, 5.41) is 3.16. The van der Waals surface area contributed by atoms with E-state index >= 15 is 0 Å². The fourth-order valence-corrected chi connectivity index (χ4v) is 4.15. The van der Waals surface area contributed by atoms with Crippen molar-refractivity contribution in [3.8, 4) is 0 Å². The largest absolute Gasteiger partial charge is 0.338 e. The monoisotopic (exact) mass is 406 g/mol. The maximum atomic E-state index is 12.7. The van der Waals surface area contributed by atoms with Crippen LogP contribution in [0, 0.1) is 0 Å². The van der Waals surface area contributed by atoms with Crippen molar-refractivity contribution in [1.29, 1.82) is 0 Å². The second-order valence-corrected chi connectivity index (χ2v) is 8.53. The summed E-state index contributed by atoms with van der Waals surface area (Å²) in [6, 6.07) is 21.5. The topological polar surface area (TPSA) is 38.8 Å². The Kier molecular flexibility index (Phi) is 7.38. The van der Waals surface area contributed by atoms with Gasteiger partial charge in [-0.3, -0.25) is 4.90 Å². The molecule has 160 valence electrons. The number of nitrogens with zero attached hydrogens (tertiary/aromatic N) is 3. The van der Waals surface area contributed by atoms with E-state index in [-0.39, 0.29) is 6.03 Å². The van der Waals surface area contributed by atoms with Crippen LogP contribution in [0.5, 0.6) is 0 Å². The van der Waals surface area contributed by atoms with Crippen LogP contribution in [0.15, 0.2) is 60.7 Å². The average molecular weight is 407 g/mol. The summed E-state index contributed by atoms with van der Waals surface area (Å²) in [7, 11) is 0. The second kappa shape index (κ2) is 10.6. The molecule has 0 spiro atoms. The van der Waals surface area contributed by atoms with Crippen LogP contribution in [0.2, 0.25) is 0 Å². The number of carbonyl (C=O) groups is 1. The number of carbonyl (C=O) groups excluding carboxylic acids is 1. The lowest BCUT2D eigenvalue weighted by Crippen LogP contribution is -2.47. The van der Waals surface area contributed by atoms with Gasteiger partial charge in [0, 0.05) is 51.9 Å². The quantitative estimate of drug-likeness (QED) is 0.647. The molecule has 0 aromatic heterocycles. The first-order chi connectivity index (χ1) is 14.8. The van der Waals surface area contributed by atoms with Crippen LogP contribution in [0.1, 0.15) is 30.4 Å². The minimum Gasteiger partial charge on any atom is -0.338 e. The summed E-state index contributed by atoms with van der Waals surface area (Å²) in [6.07, 6.45) is 3.27. The Hall–Kier alpha value is -2.37. The highest BCUT2D eigenvalue weighted by Gasteiger charge is 2.32. The van der Waals surface area contributed by atoms with Gasteiger partial charge in [-0.1, -0.05) is 60.7 Å². The lowest BCUT2D eigenvalue weighted by atomic mass is 10.2. The molecule has 1 aliphatic heterocycles. The van der Waals surface area contributed by atoms with Gasteiger partial charge in [-0.15, -0.1) is 0 Å². The summed E-state index contributed by atoms with van der Waals surface area (Å²) in [5.74, 6) is 0. The van der Waals surface area contributed by atoms with Gasteiger partial charge in [0.2, 0.25) is 0 Å². The number of rotatable bonds is 9. The molecule has 1 aliphatic carbocycles. The summed E-state index contributed by atoms with van der Waals surface area (Å²) in [4.78, 5) is 19.8. The molecule has 2 fully saturated rings. The first kappa shape index (κ1) is 20.9. The molecule has 4 rings (SSSR count). The highest BCUT2D eigenvalue weighted by molar-refractivity contribution is 5.74. The predicted molar refractivity (Wildman–Crippen MR) is 121 cm³/mol. The maximum Gasteiger partial charge on any atom is 0.317 e. The van der Waals surface area contributed by atoms with Gasteiger partial charge in [0.25, 0.3) is 0 Å². The third-order valence-corrected chi connectivity index (χ3v) is 6.09. The normalized spacial score (nSPS) is 17.6. The van der Waals surface area contributed by atoms with Crippen LogP contribution in [-0.2, 0) is 13.1 Å². The van der Waals surface area contributed by atoms with Gasteiger partial charge in [0.05, 0.1) is 0 Å². The highest BCUT2D eigenvalue weighted by atomic mass is 16.2. The Morgan fingerprint density at radius 1 is 0.867 bits per heavy atom. The number of piperazine rings is 1. The second-order valence-electron chi connectivity index (χ2n) is 8.53. The van der Waals surface area contributed by atoms with Crippen LogP contribution >= 0.6 is 0 Å². The van der Waals surface area contributed by atoms with Crippen molar-refractivity contribution in [2.24, 2.45) is 0 Å². The molecule has 5 heteroatoms. The smallest absolute Gasteiger partial charge is 0.317 e. The van der Waals surface area contributed by atoms with E-state index in [0.717, 1.165) is 65.1 Å². The molecule has 0 radical (unpaired) electrons. The van der Waals surface area contributed by atoms with Gasteiger partial charge in [0.1, 0.15) is 0 Å². The van der Waals surface area contributed by atoms with E-state index in [1.165, 1.54) is 11.1 Å². The number of hydrogen-bond acceptors (Lipinski definition) is 3. The van der Waals surface area contributed by atoms with Gasteiger partial charge in [-0.2, -0.15) is 0 Å². The van der Waals surface area contributed by atoms with E-state index in [9.17, 15) is 4.79 Å². The molecule has 2 aromatic carbocycles. The van der Waals surface area contributed by atoms with Crippen LogP contribution in [0.3, 0.4) is 0 Å². The van der Waals surface area contributed by atoms with Gasteiger partial charge < -0.3 is 15.1 Å². The van der Waals surface area contributed by atoms with E-state index in [4.69, 9.17) is 0 Å². The summed E-state index contributed by atoms with van der Waals surface area (Å²) < 4.78 is 0. The van der Waals surface area contributed by atoms with Crippen LogP contribution in [0.4, 0.5) is 4.79 Å². The van der Waals surface area contributed by atoms with Crippen molar-refractivity contribution < 1.29 is 4.79 Å². The molecule has 30 heavy (non-hydrogen) atoms. The van der Waals surface area contributed by atoms with Gasteiger partial charge >= 0.3 is 6.03 Å². The van der Waals surface area contributed by atoms with Crippen molar-refractivity contribution in [3.63, 3.8) is 0 Å². The van der Waals surface area contributed by atoms with E-state index in [1.54, 1.807) is 0 Å². The molecule has 1 saturated heterocycles. The van der Waals surface area contributed by atoms with Gasteiger partial charge in [-0.05, 0) is 36.9 Å². The Morgan fingerprint density at radius 2 is 1.47 bits per heavy atom. The Bertz CT molecular complexity index is 770. The third kappa shape index (κ3) is 6.31. The maximum absolute atomic E-state index is 12.7. The van der Waals surface area contributed by atoms with E-state index in [2.05, 4.69) is 57.6 Å². The van der Waals surface area contributed by atoms with Crippen molar-refractivity contribution in [3.05, 3.63) is 71.8 Å². The molecule has 1 heterocycles. The van der Waals surface area contributed by atoms with E-state index in [0.29, 0.717) is 12.6 Å². The summed E-state index contributed by atoms with van der Waals surface area (Å²) in [6.45, 7) is 8.03. The van der Waals surface area contributed by atoms with Crippen molar-refractivity contribution in [1.82, 2.24) is 20.0 Å². The molecule has 0 unspecified atom stereocenters. The zero-order chi connectivity index (χ0) is 20.6. The molecule has 1 saturated carbocycles. The lowest BCUT2D eigenvalue weighted by molar-refractivity contribution is 0.126. The number of urea groups is 1. The van der Waals surface area contributed by atoms with Crippen molar-refractivity contribution in [2.75, 3.05) is 39.3 Å². The van der Waals surface area contributed by atoms with E-state index in [1.807, 2.05) is 23.1 Å². The molecular formula is C25H34N4O. The number of amides is 2. The molecule has 5 nitrogen and oxygen atoms in total. The third-order valence-electron chi connectivity index (χ3n) is 6.09. The fourth-order valence-electron chi connectivity index (χ4n) is 4.15. The highest BCUT2D eigenvalue weighted by Crippen LogP contribution is 2.28. The molecule has 1 N–H and O–H groups in total. The summed E-state index contributed by atoms with van der Waals surface area (Å²) in [5.41, 5.74) is 2.59. The zero-order valence-corrected chi connectivity index (χ0v) is 17.9. The zero-order valence-electron chi connectivity index (χ0n) is 17.9. The van der Waals surface area contributed by atoms with Gasteiger partial charge in [0.15, 0.2) is 0 Å². The number of nitrogens with one attached hydrogen (secondary N) is 1. The molecular weight excluding hydrogens is 372 g/mol. The Balaban J connectivity index is 1.12. The van der Waals surface area contributed by atoms with Crippen LogP contribution in [-0.4, -0.2) is 66.0 Å². The predicted octanol–water partition coefficient (Wildman–Crippen LogP) is 3.57. The Morgan fingerprint density at radius 3 is 2.10 bits per heavy atom. The molecule has 0 bridgehead atoms. The standard InChI is InChI=1S/C25H34N4O/c30-25(29(24-12-13-24)21-23-10-5-2-6-11-23)26-14-7-15-27-16-18-28(19-17-27)20-22-8-3-1-4-9-22/h1-6,8-11,24H,7,12-21H2,(H,26,30). The number of hydrogen-bond donors (Lipinski definition) is 1. The number of benzene rings is 2. The molecule has 2 aliphatic rings. The van der Waals surface area contributed by atoms with E-state index < -0.39 is 0 Å². The fraction of sp³-hybridized carbons (Fsp3) is 0.480. The summed E-state index contributed by atoms with van der Waals surface area (Å²) >= 11 is 0. The minimum absolute atomic E-state index is 0.0917. The minimum atomic E-state index is 0.0917. The van der Waals surface area contributed by atoms with Gasteiger partial charge in [-0.25, -0.2) is 4.79 Å². The lowest BCUT2D eigenvalue weighted by Gasteiger charge is -2.34. The first-order valence-corrected chi connectivity index (χ1v) is 11.3. The molecule has 0 atom stereocenters. The van der Waals surface area contributed by atoms with Crippen molar-refractivity contribution in [2.45, 2.75) is 38.4 Å². The molecule has 2 amide bonds. The first-order valence-electron chi connectivity index (χ1n) is 11.3. The van der Waals surface area contributed by atoms with Crippen LogP contribution in [0.25, 0.3) is 0 Å². The van der Waals surface area contributed by atoms with Crippen LogP contribution < -0.4 is 5.32 Å². The SMILES string of the molecule is O=C(NCCCN1CCN(Cc2ccccc2)CC1)N(Cc1ccccc1)C1CC1. The Labute approximate surface area is 180 Å². The molecule has 2 aromatic rings. The van der Waals surface area contributed by atoms with Crippen molar-refractivity contribution >= 4 is 6.03 Å². The average Bonchev–Trinajstić information content (AvgIpc) is 3.63.